The quantitative estimate of drug-likeness (QED) is 0.268. The number of aliphatic hydroxyl groups excluding tert-OH is 1. The average molecular weight is 3610 g/mol. The van der Waals surface area contributed by atoms with Crippen LogP contribution in [0.1, 0.15) is 95.9 Å². The number of carboxylic acid groups (broad SMARTS) is 1. The number of ether oxygens (including phenoxy) is 1. The van der Waals surface area contributed by atoms with E-state index in [1.807, 2.05) is 60.0 Å². The summed E-state index contributed by atoms with van der Waals surface area (Å²) in [6.45, 7) is 29.3. The SMILES string of the molecule is CC.CC.CC.CC.CC(=O)O.CC(=O)O[C-]=[W].CC(C)=O.O[C-]=[W].[CH2-]C([C-]=[W])C[C](=[W])[C-]=[W].[CH2-]C([C-]=[W])C[C](=[W])[C-]=[W].[W]=[W].[W]=[W].[W]=[W].[W]=[W].[Y].[Y]. The molecule has 0 saturated carbocycles. The first-order chi connectivity index (χ1) is 24.1. The summed E-state index contributed by atoms with van der Waals surface area (Å²) < 4.78 is 23.8. The van der Waals surface area contributed by atoms with Gasteiger partial charge in [-0.1, -0.05) is 55.4 Å². The van der Waals surface area contributed by atoms with Crippen molar-refractivity contribution in [2.75, 3.05) is 0 Å². The minimum absolute atomic E-state index is 0. The van der Waals surface area contributed by atoms with Gasteiger partial charge < -0.3 is 9.90 Å². The van der Waals surface area contributed by atoms with E-state index in [-0.39, 0.29) is 77.2 Å². The predicted molar refractivity (Wildman–Crippen MR) is 156 cm³/mol. The number of aliphatic carboxylic acids is 1. The standard InChI is InChI=1S/2C6H5.C3H3O2.C3H6O.C2H4O2.4C2H6.CHO.16W.2Y/c2*1-4-5-6(2)3;1-3(4)5-2;1-3(2)4;1-2(3)4;5*1-2;;;;;;;;;;;;;;;;;;/h2*6H,2,5H2;1H3;1-2H3;1H3,(H,3,4);4*1-2H3;2H;;;;;;;;;;;;;;;;;;/q2*-3;-1;;;;;;;-1;;;;;;;;;;;;;;;;;;. The summed E-state index contributed by atoms with van der Waals surface area (Å²) in [6.07, 6.45) is 2.14. The normalized spacial score (nSPS) is 6.85. The fourth-order valence-electron chi connectivity index (χ4n) is 0.673. The van der Waals surface area contributed by atoms with Crippen LogP contribution in [0.25, 0.3) is 0 Å². The molecule has 0 aliphatic heterocycles. The molecule has 6 nitrogen and oxygen atoms in total. The second kappa shape index (κ2) is 144. The first-order valence-corrected chi connectivity index (χ1v) is 68.9. The van der Waals surface area contributed by atoms with Gasteiger partial charge >= 0.3 is 385 Å². The van der Waals surface area contributed by atoms with Crippen LogP contribution in [0.2, 0.25) is 0 Å². The molecule has 0 aromatic rings. The molecule has 0 amide bonds. The van der Waals surface area contributed by atoms with Crippen molar-refractivity contribution in [3.63, 3.8) is 0 Å². The number of aliphatic hydroxyl groups is 1. The molecule has 0 heterocycles. The van der Waals surface area contributed by atoms with Gasteiger partial charge in [0.05, 0.1) is 0 Å². The van der Waals surface area contributed by atoms with Gasteiger partial charge in [-0.3, -0.25) is 4.79 Å². The van der Waals surface area contributed by atoms with E-state index in [0.29, 0.717) is 11.8 Å². The zero-order chi connectivity index (χ0) is 45.4. The van der Waals surface area contributed by atoms with Gasteiger partial charge in [0.1, 0.15) is 5.78 Å². The third-order valence-corrected chi connectivity index (χ3v) is 12.0. The third kappa shape index (κ3) is 262. The van der Waals surface area contributed by atoms with E-state index in [4.69, 9.17) is 15.0 Å². The molecular formula is C29H48O6W16Y2-8. The number of hydrogen-bond acceptors (Lipinski definition) is 5. The number of rotatable bonds is 9. The molecule has 0 aromatic carbocycles. The average Bonchev–Trinajstić information content (AvgIpc) is 3.15. The summed E-state index contributed by atoms with van der Waals surface area (Å²) in [5.74, 6) is -0.163. The van der Waals surface area contributed by atoms with Gasteiger partial charge in [-0.25, -0.2) is 0 Å². The molecule has 0 aliphatic carbocycles. The van der Waals surface area contributed by atoms with E-state index in [0.717, 1.165) is 58.5 Å². The Morgan fingerprint density at radius 2 is 0.736 bits per heavy atom. The number of ketones is 1. The molecule has 0 aliphatic rings. The summed E-state index contributed by atoms with van der Waals surface area (Å²) >= 11 is 24.0. The molecule has 53 heavy (non-hydrogen) atoms. The van der Waals surface area contributed by atoms with Gasteiger partial charge in [0.25, 0.3) is 5.97 Å². The Hall–Kier alpha value is 10.8. The molecule has 0 fully saturated rings. The zero-order valence-electron chi connectivity index (χ0n) is 31.7. The van der Waals surface area contributed by atoms with E-state index in [1.54, 1.807) is 130 Å². The summed E-state index contributed by atoms with van der Waals surface area (Å²) in [6, 6.07) is 0. The van der Waals surface area contributed by atoms with E-state index < -0.39 is 5.97 Å². The van der Waals surface area contributed by atoms with Gasteiger partial charge in [-0.2, -0.15) is 0 Å². The van der Waals surface area contributed by atoms with Crippen molar-refractivity contribution < 1.29 is 379 Å². The first kappa shape index (κ1) is 110. The minimum atomic E-state index is -0.833. The monoisotopic (exact) mass is 3610 g/mol. The number of carbonyl (C=O) groups is 3. The van der Waals surface area contributed by atoms with Crippen molar-refractivity contribution in [1.82, 2.24) is 0 Å². The number of esters is 1. The summed E-state index contributed by atoms with van der Waals surface area (Å²) in [7, 11) is 0. The topological polar surface area (TPSA) is 101 Å². The van der Waals surface area contributed by atoms with Crippen LogP contribution in [-0.2, 0) is 369 Å². The van der Waals surface area contributed by atoms with Crippen molar-refractivity contribution in [3.8, 4) is 0 Å². The Balaban J connectivity index is -0.0000000209. The van der Waals surface area contributed by atoms with Gasteiger partial charge in [0.15, 0.2) is 0 Å². The van der Waals surface area contributed by atoms with Gasteiger partial charge in [0.2, 0.25) is 0 Å². The molecule has 0 saturated heterocycles. The van der Waals surface area contributed by atoms with Crippen molar-refractivity contribution in [2.45, 2.75) is 95.9 Å². The molecule has 0 bridgehead atoms. The Morgan fingerprint density at radius 1 is 0.585 bits per heavy atom. The van der Waals surface area contributed by atoms with Crippen molar-refractivity contribution >= 4 is 52.3 Å². The van der Waals surface area contributed by atoms with E-state index in [9.17, 15) is 9.59 Å². The maximum absolute atomic E-state index is 9.77. The second-order valence-electron chi connectivity index (χ2n) is 5.28. The molecule has 2 radical (unpaired) electrons. The van der Waals surface area contributed by atoms with Gasteiger partial charge in [-0.15, -0.1) is 0 Å². The molecule has 0 aromatic heterocycles. The maximum atomic E-state index is 9.77. The number of carboxylic acids is 1. The molecule has 2 N–H and O–H groups in total. The Bertz CT molecular complexity index is 713. The fourth-order valence-corrected chi connectivity index (χ4v) is 3.74. The molecule has 0 spiro atoms. The van der Waals surface area contributed by atoms with Crippen molar-refractivity contribution in [3.05, 3.63) is 13.8 Å². The minimum Gasteiger partial charge on any atom is 0 e. The Labute approximate surface area is 540 Å². The van der Waals surface area contributed by atoms with Gasteiger partial charge in [0, 0.05) is 72.3 Å². The van der Waals surface area contributed by atoms with Crippen molar-refractivity contribution in [1.29, 1.82) is 0 Å². The molecule has 2 unspecified atom stereocenters. The van der Waals surface area contributed by atoms with E-state index >= 15 is 0 Å². The molecule has 310 valence electrons. The fraction of sp³-hybridized carbons (Fsp3) is 0.552. The first-order valence-electron chi connectivity index (χ1n) is 13.2. The molecule has 0 rings (SSSR count). The Kier molecular flexibility index (Phi) is 299. The van der Waals surface area contributed by atoms with Crippen LogP contribution >= 0.6 is 0 Å². The summed E-state index contributed by atoms with van der Waals surface area (Å²) in [5.41, 5.74) is 0. The smallest absolute Gasteiger partial charge is 0 e. The third-order valence-electron chi connectivity index (χ3n) is 1.61. The largest absolute Gasteiger partial charge is 0 e. The van der Waals surface area contributed by atoms with E-state index in [2.05, 4.69) is 40.8 Å². The number of hydrogen-bond donors (Lipinski definition) is 2. The van der Waals surface area contributed by atoms with Gasteiger partial charge in [-0.05, 0) is 13.8 Å². The van der Waals surface area contributed by atoms with Crippen LogP contribution in [0, 0.1) is 25.7 Å². The van der Waals surface area contributed by atoms with Crippen molar-refractivity contribution in [2.24, 2.45) is 11.8 Å². The van der Waals surface area contributed by atoms with Crippen LogP contribution in [0.4, 0.5) is 0 Å². The van der Waals surface area contributed by atoms with Crippen LogP contribution in [0.15, 0.2) is 0 Å². The van der Waals surface area contributed by atoms with Crippen LogP contribution < -0.4 is 0 Å². The number of Topliss-reactive ketones (excluding diaryl/α,β-unsaturated/α-hetero) is 1. The maximum Gasteiger partial charge on any atom is 0 e. The number of carbonyl (C=O) groups excluding carboxylic acids is 2. The van der Waals surface area contributed by atoms with E-state index in [1.165, 1.54) is 145 Å². The molecular weight excluding hydrogens is 3560 g/mol. The van der Waals surface area contributed by atoms with Crippen LogP contribution in [0.3, 0.4) is 0 Å². The summed E-state index contributed by atoms with van der Waals surface area (Å²) in [5, 5.41) is 14.8. The zero-order valence-corrected chi connectivity index (χ0v) is 84.3. The second-order valence-corrected chi connectivity index (χ2v) is 13.2. The molecule has 24 heteroatoms. The van der Waals surface area contributed by atoms with Crippen LogP contribution in [0.5, 0.6) is 0 Å². The van der Waals surface area contributed by atoms with Crippen LogP contribution in [-0.4, -0.2) is 62.5 Å². The summed E-state index contributed by atoms with van der Waals surface area (Å²) in [4.78, 5) is 28.2. The molecule has 2 atom stereocenters. The Morgan fingerprint density at radius 3 is 0.792 bits per heavy atom. The predicted octanol–water partition coefficient (Wildman–Crippen LogP) is 4.04.